The van der Waals surface area contributed by atoms with Crippen LogP contribution in [0.1, 0.15) is 31.8 Å². The van der Waals surface area contributed by atoms with Crippen molar-refractivity contribution < 1.29 is 14.3 Å². The van der Waals surface area contributed by atoms with E-state index in [1.807, 2.05) is 68.7 Å². The van der Waals surface area contributed by atoms with Gasteiger partial charge in [-0.25, -0.2) is 4.90 Å². The molecular weight excluding hydrogens is 542 g/mol. The Kier molecular flexibility index (Phi) is 6.05. The van der Waals surface area contributed by atoms with E-state index in [0.717, 1.165) is 37.4 Å². The van der Waals surface area contributed by atoms with Crippen molar-refractivity contribution in [3.63, 3.8) is 0 Å². The molecule has 1 aliphatic rings. The molecule has 2 heterocycles. The van der Waals surface area contributed by atoms with Gasteiger partial charge in [-0.1, -0.05) is 48.5 Å². The number of fused-ring (bicyclic) bond motifs is 5. The van der Waals surface area contributed by atoms with Gasteiger partial charge in [0.2, 0.25) is 0 Å². The highest BCUT2D eigenvalue weighted by atomic mass is 79.9. The zero-order chi connectivity index (χ0) is 26.6. The summed E-state index contributed by atoms with van der Waals surface area (Å²) in [5.74, 6) is 0.0594. The first-order valence-electron chi connectivity index (χ1n) is 12.4. The van der Waals surface area contributed by atoms with Crippen LogP contribution in [-0.4, -0.2) is 42.5 Å². The number of carbonyl (C=O) groups is 2. The molecule has 2 amide bonds. The van der Waals surface area contributed by atoms with Gasteiger partial charge in [0.1, 0.15) is 5.75 Å². The molecule has 5 aromatic rings. The molecule has 0 N–H and O–H groups in total. The molecule has 190 valence electrons. The van der Waals surface area contributed by atoms with Gasteiger partial charge in [-0.2, -0.15) is 0 Å². The van der Waals surface area contributed by atoms with Crippen molar-refractivity contribution in [1.29, 1.82) is 0 Å². The minimum atomic E-state index is -0.307. The maximum atomic E-state index is 14.0. The molecule has 0 spiro atoms. The van der Waals surface area contributed by atoms with Gasteiger partial charge in [-0.15, -0.1) is 0 Å². The Hall–Kier alpha value is -3.94. The minimum absolute atomic E-state index is 0.300. The summed E-state index contributed by atoms with van der Waals surface area (Å²) < 4.78 is 8.73. The third-order valence-electron chi connectivity index (χ3n) is 7.01. The lowest BCUT2D eigenvalue weighted by atomic mass is 9.98. The number of nitrogens with zero attached hydrogens (tertiary/aromatic N) is 3. The largest absolute Gasteiger partial charge is 0.496 e. The number of methoxy groups -OCH3 is 1. The first-order valence-corrected chi connectivity index (χ1v) is 13.2. The topological polar surface area (TPSA) is 54.8 Å². The number of hydrogen-bond acceptors (Lipinski definition) is 4. The number of hydrogen-bond donors (Lipinski definition) is 0. The van der Waals surface area contributed by atoms with Crippen LogP contribution in [0.2, 0.25) is 0 Å². The number of rotatable bonds is 6. The number of para-hydroxylation sites is 1. The number of aromatic nitrogens is 1. The van der Waals surface area contributed by atoms with Gasteiger partial charge in [0, 0.05) is 23.9 Å². The van der Waals surface area contributed by atoms with Crippen molar-refractivity contribution in [3.8, 4) is 5.75 Å². The second-order valence-corrected chi connectivity index (χ2v) is 10.6. The molecular formula is C31H26BrN3O3. The Bertz CT molecular complexity index is 1730. The van der Waals surface area contributed by atoms with E-state index in [2.05, 4.69) is 37.5 Å². The van der Waals surface area contributed by atoms with Gasteiger partial charge in [0.15, 0.2) is 0 Å². The fraction of sp³-hybridized carbons (Fsp3) is 0.161. The van der Waals surface area contributed by atoms with Crippen molar-refractivity contribution in [1.82, 2.24) is 9.47 Å². The Morgan fingerprint density at radius 2 is 1.58 bits per heavy atom. The summed E-state index contributed by atoms with van der Waals surface area (Å²) in [6.45, 7) is 1.23. The maximum Gasteiger partial charge on any atom is 0.266 e. The Labute approximate surface area is 229 Å². The fourth-order valence-electron chi connectivity index (χ4n) is 5.46. The molecule has 0 radical (unpaired) electrons. The van der Waals surface area contributed by atoms with E-state index in [0.29, 0.717) is 35.7 Å². The average molecular weight is 568 g/mol. The number of amides is 2. The molecule has 0 fully saturated rings. The summed E-state index contributed by atoms with van der Waals surface area (Å²) in [5, 5.41) is 1.66. The summed E-state index contributed by atoms with van der Waals surface area (Å²) in [7, 11) is 5.64. The smallest absolute Gasteiger partial charge is 0.266 e. The normalized spacial score (nSPS) is 13.2. The summed E-state index contributed by atoms with van der Waals surface area (Å²) in [6, 6.07) is 25.3. The van der Waals surface area contributed by atoms with Crippen LogP contribution >= 0.6 is 15.9 Å². The van der Waals surface area contributed by atoms with Crippen LogP contribution in [0.15, 0.2) is 83.3 Å². The zero-order valence-corrected chi connectivity index (χ0v) is 23.0. The lowest BCUT2D eigenvalue weighted by molar-refractivity contribution is 0.0926. The van der Waals surface area contributed by atoms with Gasteiger partial charge in [0.05, 0.1) is 39.4 Å². The molecule has 6 rings (SSSR count). The Morgan fingerprint density at radius 3 is 2.24 bits per heavy atom. The van der Waals surface area contributed by atoms with E-state index in [-0.39, 0.29) is 11.8 Å². The number of benzene rings is 4. The van der Waals surface area contributed by atoms with Crippen LogP contribution in [0.4, 0.5) is 5.69 Å². The molecule has 38 heavy (non-hydrogen) atoms. The van der Waals surface area contributed by atoms with Crippen molar-refractivity contribution in [2.45, 2.75) is 13.1 Å². The standard InChI is InChI=1S/C31H26BrN3O3/c1-33(2)18-20-14-23-28(31(37)35(30(23)36)21-12-8-5-9-13-21)27-22-15-26(38-3)24(32)16-25(22)34(29(20)27)17-19-10-6-4-7-11-19/h4-16H,17-18H2,1-3H3. The molecule has 4 aromatic carbocycles. The van der Waals surface area contributed by atoms with Crippen LogP contribution in [0, 0.1) is 0 Å². The molecule has 0 unspecified atom stereocenters. The molecule has 0 atom stereocenters. The van der Waals surface area contributed by atoms with Gasteiger partial charge < -0.3 is 14.2 Å². The van der Waals surface area contributed by atoms with Crippen molar-refractivity contribution in [2.24, 2.45) is 0 Å². The SMILES string of the molecule is COc1cc2c3c4c(cc(CN(C)C)c3n(Cc3ccccc3)c2cc1Br)C(=O)N(c1ccccc1)C4=O. The molecule has 0 bridgehead atoms. The van der Waals surface area contributed by atoms with E-state index in [9.17, 15) is 9.59 Å². The van der Waals surface area contributed by atoms with Crippen LogP contribution in [0.25, 0.3) is 21.8 Å². The number of anilines is 1. The summed E-state index contributed by atoms with van der Waals surface area (Å²) in [5.41, 5.74) is 5.48. The highest BCUT2D eigenvalue weighted by Crippen LogP contribution is 2.43. The van der Waals surface area contributed by atoms with E-state index >= 15 is 0 Å². The number of carbonyl (C=O) groups excluding carboxylic acids is 2. The Morgan fingerprint density at radius 1 is 0.895 bits per heavy atom. The van der Waals surface area contributed by atoms with Gasteiger partial charge in [0.25, 0.3) is 11.8 Å². The van der Waals surface area contributed by atoms with Crippen LogP contribution in [-0.2, 0) is 13.1 Å². The summed E-state index contributed by atoms with van der Waals surface area (Å²) >= 11 is 3.66. The molecule has 0 aliphatic carbocycles. The zero-order valence-electron chi connectivity index (χ0n) is 21.4. The molecule has 1 aliphatic heterocycles. The van der Waals surface area contributed by atoms with E-state index in [4.69, 9.17) is 4.74 Å². The number of imide groups is 1. The highest BCUT2D eigenvalue weighted by molar-refractivity contribution is 9.10. The van der Waals surface area contributed by atoms with Crippen molar-refractivity contribution in [2.75, 3.05) is 26.1 Å². The molecule has 0 saturated heterocycles. The summed E-state index contributed by atoms with van der Waals surface area (Å²) in [6.07, 6.45) is 0. The second kappa shape index (κ2) is 9.42. The first kappa shape index (κ1) is 24.4. The minimum Gasteiger partial charge on any atom is -0.496 e. The first-order chi connectivity index (χ1) is 18.4. The van der Waals surface area contributed by atoms with Gasteiger partial charge in [-0.05, 0) is 71.5 Å². The summed E-state index contributed by atoms with van der Waals surface area (Å²) in [4.78, 5) is 31.2. The quantitative estimate of drug-likeness (QED) is 0.220. The maximum absolute atomic E-state index is 14.0. The predicted molar refractivity (Wildman–Crippen MR) is 154 cm³/mol. The highest BCUT2D eigenvalue weighted by Gasteiger charge is 2.40. The second-order valence-electron chi connectivity index (χ2n) is 9.78. The number of halogens is 1. The van der Waals surface area contributed by atoms with Gasteiger partial charge in [-0.3, -0.25) is 9.59 Å². The van der Waals surface area contributed by atoms with Crippen LogP contribution in [0.3, 0.4) is 0 Å². The van der Waals surface area contributed by atoms with Crippen LogP contribution in [0.5, 0.6) is 5.75 Å². The van der Waals surface area contributed by atoms with Crippen LogP contribution < -0.4 is 9.64 Å². The fourth-order valence-corrected chi connectivity index (χ4v) is 5.95. The van der Waals surface area contributed by atoms with Crippen molar-refractivity contribution in [3.05, 3.63) is 106 Å². The third kappa shape index (κ3) is 3.81. The lowest BCUT2D eigenvalue weighted by Crippen LogP contribution is -2.29. The van der Waals surface area contributed by atoms with E-state index < -0.39 is 0 Å². The predicted octanol–water partition coefficient (Wildman–Crippen LogP) is 6.48. The third-order valence-corrected chi connectivity index (χ3v) is 7.63. The molecule has 7 heteroatoms. The van der Waals surface area contributed by atoms with Gasteiger partial charge >= 0.3 is 0 Å². The Balaban J connectivity index is 1.73. The number of ether oxygens (including phenoxy) is 1. The van der Waals surface area contributed by atoms with E-state index in [1.165, 1.54) is 4.90 Å². The lowest BCUT2D eigenvalue weighted by Gasteiger charge is -2.16. The average Bonchev–Trinajstić information content (AvgIpc) is 3.34. The monoisotopic (exact) mass is 567 g/mol. The van der Waals surface area contributed by atoms with E-state index in [1.54, 1.807) is 19.2 Å². The van der Waals surface area contributed by atoms with Crippen molar-refractivity contribution >= 4 is 55.2 Å². The molecule has 6 nitrogen and oxygen atoms in total. The molecule has 0 saturated carbocycles. The molecule has 1 aromatic heterocycles.